The van der Waals surface area contributed by atoms with Crippen LogP contribution >= 0.6 is 11.8 Å². The molecule has 0 bridgehead atoms. The van der Waals surface area contributed by atoms with E-state index in [-0.39, 0.29) is 6.61 Å². The number of aromatic amines is 1. The molecular weight excluding hydrogens is 172 g/mol. The number of aromatic nitrogens is 2. The Kier molecular flexibility index (Phi) is 2.37. The Bertz CT molecular complexity index is 255. The van der Waals surface area contributed by atoms with Crippen molar-refractivity contribution in [2.24, 2.45) is 0 Å². The first-order valence-electron chi connectivity index (χ1n) is 4.13. The lowest BCUT2D eigenvalue weighted by Crippen LogP contribution is -1.95. The van der Waals surface area contributed by atoms with E-state index in [0.29, 0.717) is 5.92 Å². The Balaban J connectivity index is 2.11. The molecule has 66 valence electrons. The SMILES string of the molecule is OCc1cc(C2CCSC2)n[nH]1. The monoisotopic (exact) mass is 184 g/mol. The van der Waals surface area contributed by atoms with E-state index in [0.717, 1.165) is 11.4 Å². The van der Waals surface area contributed by atoms with Gasteiger partial charge in [0.2, 0.25) is 0 Å². The third-order valence-electron chi connectivity index (χ3n) is 2.17. The van der Waals surface area contributed by atoms with Crippen LogP contribution in [0, 0.1) is 0 Å². The van der Waals surface area contributed by atoms with E-state index >= 15 is 0 Å². The van der Waals surface area contributed by atoms with Gasteiger partial charge in [-0.2, -0.15) is 16.9 Å². The Morgan fingerprint density at radius 3 is 3.25 bits per heavy atom. The van der Waals surface area contributed by atoms with E-state index in [4.69, 9.17) is 5.11 Å². The first-order valence-corrected chi connectivity index (χ1v) is 5.28. The molecule has 3 nitrogen and oxygen atoms in total. The van der Waals surface area contributed by atoms with Gasteiger partial charge in [-0.05, 0) is 18.2 Å². The van der Waals surface area contributed by atoms with Crippen molar-refractivity contribution in [2.45, 2.75) is 18.9 Å². The van der Waals surface area contributed by atoms with E-state index in [9.17, 15) is 0 Å². The third kappa shape index (κ3) is 1.49. The van der Waals surface area contributed by atoms with Crippen LogP contribution in [0.3, 0.4) is 0 Å². The van der Waals surface area contributed by atoms with Gasteiger partial charge >= 0.3 is 0 Å². The molecule has 2 N–H and O–H groups in total. The molecule has 1 aromatic rings. The van der Waals surface area contributed by atoms with Crippen LogP contribution in [0.2, 0.25) is 0 Å². The first kappa shape index (κ1) is 8.13. The second kappa shape index (κ2) is 3.49. The van der Waals surface area contributed by atoms with E-state index in [1.807, 2.05) is 17.8 Å². The number of thioether (sulfide) groups is 1. The van der Waals surface area contributed by atoms with Crippen LogP contribution in [0.25, 0.3) is 0 Å². The van der Waals surface area contributed by atoms with Gasteiger partial charge in [0, 0.05) is 11.7 Å². The Hall–Kier alpha value is -0.480. The maximum atomic E-state index is 8.82. The number of H-pyrrole nitrogens is 1. The summed E-state index contributed by atoms with van der Waals surface area (Å²) in [6, 6.07) is 1.97. The fourth-order valence-corrected chi connectivity index (χ4v) is 2.68. The second-order valence-corrected chi connectivity index (χ2v) is 4.19. The summed E-state index contributed by atoms with van der Waals surface area (Å²) in [5, 5.41) is 15.8. The fourth-order valence-electron chi connectivity index (χ4n) is 1.44. The van der Waals surface area contributed by atoms with Crippen molar-refractivity contribution in [1.82, 2.24) is 10.2 Å². The molecule has 0 aliphatic carbocycles. The highest BCUT2D eigenvalue weighted by Crippen LogP contribution is 2.31. The molecule has 12 heavy (non-hydrogen) atoms. The van der Waals surface area contributed by atoms with Gasteiger partial charge in [-0.15, -0.1) is 0 Å². The molecule has 0 spiro atoms. The Labute approximate surface area is 75.6 Å². The standard InChI is InChI=1S/C8H12N2OS/c11-4-7-3-8(10-9-7)6-1-2-12-5-6/h3,6,11H,1-2,4-5H2,(H,9,10). The minimum Gasteiger partial charge on any atom is -0.390 e. The number of rotatable bonds is 2. The van der Waals surface area contributed by atoms with Crippen molar-refractivity contribution >= 4 is 11.8 Å². The van der Waals surface area contributed by atoms with Gasteiger partial charge in [0.15, 0.2) is 0 Å². The first-order chi connectivity index (χ1) is 5.90. The topological polar surface area (TPSA) is 48.9 Å². The molecule has 1 aromatic heterocycles. The highest BCUT2D eigenvalue weighted by Gasteiger charge is 2.19. The van der Waals surface area contributed by atoms with Crippen molar-refractivity contribution in [3.8, 4) is 0 Å². The van der Waals surface area contributed by atoms with Crippen LogP contribution in [0.15, 0.2) is 6.07 Å². The lowest BCUT2D eigenvalue weighted by atomic mass is 10.1. The molecule has 0 saturated carbocycles. The third-order valence-corrected chi connectivity index (χ3v) is 3.33. The molecule has 0 amide bonds. The number of hydrogen-bond acceptors (Lipinski definition) is 3. The number of nitrogens with zero attached hydrogens (tertiary/aromatic N) is 1. The van der Waals surface area contributed by atoms with Crippen molar-refractivity contribution in [3.63, 3.8) is 0 Å². The summed E-state index contributed by atoms with van der Waals surface area (Å²) in [5.74, 6) is 3.02. The van der Waals surface area contributed by atoms with Gasteiger partial charge in [0.05, 0.1) is 18.0 Å². The minimum atomic E-state index is 0.0624. The van der Waals surface area contributed by atoms with E-state index in [2.05, 4.69) is 10.2 Å². The summed E-state index contributed by atoms with van der Waals surface area (Å²) >= 11 is 1.98. The van der Waals surface area contributed by atoms with Gasteiger partial charge in [0.25, 0.3) is 0 Å². The number of hydrogen-bond donors (Lipinski definition) is 2. The van der Waals surface area contributed by atoms with Crippen LogP contribution in [-0.4, -0.2) is 26.8 Å². The van der Waals surface area contributed by atoms with Gasteiger partial charge in [-0.1, -0.05) is 0 Å². The molecule has 4 heteroatoms. The summed E-state index contributed by atoms with van der Waals surface area (Å²) in [6.07, 6.45) is 1.22. The summed E-state index contributed by atoms with van der Waals surface area (Å²) in [4.78, 5) is 0. The molecule has 1 unspecified atom stereocenters. The Morgan fingerprint density at radius 1 is 1.75 bits per heavy atom. The predicted octanol–water partition coefficient (Wildman–Crippen LogP) is 1.12. The molecule has 0 aromatic carbocycles. The molecular formula is C8H12N2OS. The molecule has 1 aliphatic rings. The number of aliphatic hydroxyl groups excluding tert-OH is 1. The molecule has 0 radical (unpaired) electrons. The van der Waals surface area contributed by atoms with Crippen molar-refractivity contribution in [2.75, 3.05) is 11.5 Å². The van der Waals surface area contributed by atoms with Crippen molar-refractivity contribution in [3.05, 3.63) is 17.5 Å². The maximum Gasteiger partial charge on any atom is 0.0847 e. The predicted molar refractivity (Wildman–Crippen MR) is 49.2 cm³/mol. The highest BCUT2D eigenvalue weighted by molar-refractivity contribution is 7.99. The zero-order chi connectivity index (χ0) is 8.39. The molecule has 1 aliphatic heterocycles. The zero-order valence-corrected chi connectivity index (χ0v) is 7.60. The second-order valence-electron chi connectivity index (χ2n) is 3.04. The van der Waals surface area contributed by atoms with Crippen LogP contribution in [0.1, 0.15) is 23.7 Å². The van der Waals surface area contributed by atoms with Gasteiger partial charge < -0.3 is 5.11 Å². The molecule has 1 fully saturated rings. The fraction of sp³-hybridized carbons (Fsp3) is 0.625. The van der Waals surface area contributed by atoms with Gasteiger partial charge in [0.1, 0.15) is 0 Å². The molecule has 2 heterocycles. The van der Waals surface area contributed by atoms with E-state index in [1.54, 1.807) is 0 Å². The van der Waals surface area contributed by atoms with Crippen molar-refractivity contribution in [1.29, 1.82) is 0 Å². The average molecular weight is 184 g/mol. The quantitative estimate of drug-likeness (QED) is 0.724. The molecule has 1 saturated heterocycles. The number of aliphatic hydroxyl groups is 1. The van der Waals surface area contributed by atoms with Crippen LogP contribution < -0.4 is 0 Å². The van der Waals surface area contributed by atoms with Crippen LogP contribution in [-0.2, 0) is 6.61 Å². The summed E-state index contributed by atoms with van der Waals surface area (Å²) in [7, 11) is 0. The largest absolute Gasteiger partial charge is 0.390 e. The smallest absolute Gasteiger partial charge is 0.0847 e. The summed E-state index contributed by atoms with van der Waals surface area (Å²) in [5.41, 5.74) is 1.94. The van der Waals surface area contributed by atoms with E-state index in [1.165, 1.54) is 17.9 Å². The molecule has 2 rings (SSSR count). The lowest BCUT2D eigenvalue weighted by molar-refractivity contribution is 0.276. The van der Waals surface area contributed by atoms with Crippen LogP contribution in [0.4, 0.5) is 0 Å². The normalized spacial score (nSPS) is 23.2. The Morgan fingerprint density at radius 2 is 2.67 bits per heavy atom. The highest BCUT2D eigenvalue weighted by atomic mass is 32.2. The minimum absolute atomic E-state index is 0.0624. The van der Waals surface area contributed by atoms with Crippen molar-refractivity contribution < 1.29 is 5.11 Å². The van der Waals surface area contributed by atoms with Crippen LogP contribution in [0.5, 0.6) is 0 Å². The molecule has 1 atom stereocenters. The number of nitrogens with one attached hydrogen (secondary N) is 1. The average Bonchev–Trinajstić information content (AvgIpc) is 2.75. The van der Waals surface area contributed by atoms with Gasteiger partial charge in [-0.3, -0.25) is 5.10 Å². The zero-order valence-electron chi connectivity index (χ0n) is 6.79. The van der Waals surface area contributed by atoms with E-state index < -0.39 is 0 Å². The summed E-state index contributed by atoms with van der Waals surface area (Å²) < 4.78 is 0. The van der Waals surface area contributed by atoms with Gasteiger partial charge in [-0.25, -0.2) is 0 Å². The summed E-state index contributed by atoms with van der Waals surface area (Å²) in [6.45, 7) is 0.0624. The maximum absolute atomic E-state index is 8.82. The lowest BCUT2D eigenvalue weighted by Gasteiger charge is -2.00.